The van der Waals surface area contributed by atoms with Gasteiger partial charge < -0.3 is 20.3 Å². The Balaban J connectivity index is 1.30. The lowest BCUT2D eigenvalue weighted by molar-refractivity contribution is 0.0219. The molecule has 7 heteroatoms. The molecule has 0 aliphatic carbocycles. The zero-order valence-electron chi connectivity index (χ0n) is 17.1. The molecule has 6 nitrogen and oxygen atoms in total. The molecule has 0 bridgehead atoms. The summed E-state index contributed by atoms with van der Waals surface area (Å²) in [6.07, 6.45) is 6.22. The van der Waals surface area contributed by atoms with Crippen LogP contribution in [0.5, 0.6) is 0 Å². The highest BCUT2D eigenvalue weighted by Crippen LogP contribution is 2.24. The topological polar surface area (TPSA) is 66.5 Å². The molecule has 0 spiro atoms. The SMILES string of the molecule is O=C(Nc1ccc(Cl)cn1)c1ccccc1NCC1CCN(C2CCOCC2)CC1. The Hall–Kier alpha value is -2.15. The number of para-hydroxylation sites is 1. The third-order valence-corrected chi connectivity index (χ3v) is 6.30. The molecular weight excluding hydrogens is 400 g/mol. The average molecular weight is 429 g/mol. The molecule has 2 aromatic rings. The summed E-state index contributed by atoms with van der Waals surface area (Å²) in [4.78, 5) is 19.5. The number of benzene rings is 1. The minimum atomic E-state index is -0.178. The molecule has 1 amide bonds. The zero-order valence-corrected chi connectivity index (χ0v) is 17.9. The summed E-state index contributed by atoms with van der Waals surface area (Å²) in [5.41, 5.74) is 1.48. The Morgan fingerprint density at radius 3 is 2.60 bits per heavy atom. The monoisotopic (exact) mass is 428 g/mol. The van der Waals surface area contributed by atoms with E-state index >= 15 is 0 Å². The summed E-state index contributed by atoms with van der Waals surface area (Å²) in [6.45, 7) is 4.99. The van der Waals surface area contributed by atoms with Crippen molar-refractivity contribution in [1.29, 1.82) is 0 Å². The summed E-state index contributed by atoms with van der Waals surface area (Å²) in [5, 5.41) is 6.89. The lowest BCUT2D eigenvalue weighted by Gasteiger charge is -2.39. The average Bonchev–Trinajstić information content (AvgIpc) is 2.80. The maximum absolute atomic E-state index is 12.7. The summed E-state index contributed by atoms with van der Waals surface area (Å²) in [7, 11) is 0. The smallest absolute Gasteiger partial charge is 0.258 e. The van der Waals surface area contributed by atoms with Gasteiger partial charge in [-0.3, -0.25) is 4.79 Å². The quantitative estimate of drug-likeness (QED) is 0.718. The lowest BCUT2D eigenvalue weighted by atomic mass is 9.94. The largest absolute Gasteiger partial charge is 0.384 e. The van der Waals surface area contributed by atoms with Gasteiger partial charge in [-0.15, -0.1) is 0 Å². The molecule has 160 valence electrons. The van der Waals surface area contributed by atoms with Crippen LogP contribution < -0.4 is 10.6 Å². The zero-order chi connectivity index (χ0) is 20.8. The second-order valence-corrected chi connectivity index (χ2v) is 8.50. The second kappa shape index (κ2) is 10.2. The molecular formula is C23H29ClN4O2. The molecule has 2 fully saturated rings. The van der Waals surface area contributed by atoms with E-state index in [0.29, 0.717) is 28.4 Å². The van der Waals surface area contributed by atoms with E-state index in [0.717, 1.165) is 51.4 Å². The van der Waals surface area contributed by atoms with Gasteiger partial charge in [-0.25, -0.2) is 4.98 Å². The van der Waals surface area contributed by atoms with Crippen molar-refractivity contribution in [1.82, 2.24) is 9.88 Å². The Kier molecular flexibility index (Phi) is 7.20. The van der Waals surface area contributed by atoms with Crippen LogP contribution in [0.3, 0.4) is 0 Å². The van der Waals surface area contributed by atoms with Crippen molar-refractivity contribution in [3.8, 4) is 0 Å². The van der Waals surface area contributed by atoms with Gasteiger partial charge >= 0.3 is 0 Å². The van der Waals surface area contributed by atoms with Crippen LogP contribution in [0.4, 0.5) is 11.5 Å². The molecule has 2 aliphatic heterocycles. The van der Waals surface area contributed by atoms with Gasteiger partial charge in [0.2, 0.25) is 0 Å². The van der Waals surface area contributed by atoms with E-state index in [1.54, 1.807) is 12.1 Å². The van der Waals surface area contributed by atoms with E-state index in [-0.39, 0.29) is 5.91 Å². The fourth-order valence-corrected chi connectivity index (χ4v) is 4.41. The molecule has 0 saturated carbocycles. The van der Waals surface area contributed by atoms with Crippen LogP contribution in [-0.2, 0) is 4.74 Å². The summed E-state index contributed by atoms with van der Waals surface area (Å²) >= 11 is 5.86. The van der Waals surface area contributed by atoms with Crippen LogP contribution >= 0.6 is 11.6 Å². The highest BCUT2D eigenvalue weighted by Gasteiger charge is 2.26. The van der Waals surface area contributed by atoms with Gasteiger partial charge in [0.15, 0.2) is 0 Å². The number of ether oxygens (including phenoxy) is 1. The first-order chi connectivity index (χ1) is 14.7. The first kappa shape index (κ1) is 21.1. The number of amides is 1. The van der Waals surface area contributed by atoms with Gasteiger partial charge in [0.25, 0.3) is 5.91 Å². The van der Waals surface area contributed by atoms with Crippen molar-refractivity contribution >= 4 is 29.0 Å². The minimum absolute atomic E-state index is 0.178. The standard InChI is InChI=1S/C23H29ClN4O2/c24-18-5-6-22(26-16-18)27-23(29)20-3-1-2-4-21(20)25-15-17-7-11-28(12-8-17)19-9-13-30-14-10-19/h1-6,16-17,19,25H,7-15H2,(H,26,27,29). The molecule has 2 aliphatic rings. The number of piperidine rings is 1. The van der Waals surface area contributed by atoms with E-state index in [1.807, 2.05) is 24.3 Å². The van der Waals surface area contributed by atoms with Gasteiger partial charge in [0.05, 0.1) is 10.6 Å². The highest BCUT2D eigenvalue weighted by atomic mass is 35.5. The third-order valence-electron chi connectivity index (χ3n) is 6.08. The van der Waals surface area contributed by atoms with E-state index < -0.39 is 0 Å². The van der Waals surface area contributed by atoms with E-state index in [2.05, 4.69) is 20.5 Å². The molecule has 2 saturated heterocycles. The van der Waals surface area contributed by atoms with Crippen LogP contribution in [0.1, 0.15) is 36.0 Å². The predicted molar refractivity (Wildman–Crippen MR) is 120 cm³/mol. The Bertz CT molecular complexity index is 831. The molecule has 0 atom stereocenters. The Labute approximate surface area is 183 Å². The number of nitrogens with zero attached hydrogens (tertiary/aromatic N) is 2. The van der Waals surface area contributed by atoms with Gasteiger partial charge in [-0.05, 0) is 69.0 Å². The number of aromatic nitrogens is 1. The van der Waals surface area contributed by atoms with Crippen molar-refractivity contribution in [3.05, 3.63) is 53.2 Å². The van der Waals surface area contributed by atoms with Gasteiger partial charge in [0, 0.05) is 37.7 Å². The lowest BCUT2D eigenvalue weighted by Crippen LogP contribution is -2.44. The van der Waals surface area contributed by atoms with Crippen molar-refractivity contribution < 1.29 is 9.53 Å². The molecule has 0 unspecified atom stereocenters. The highest BCUT2D eigenvalue weighted by molar-refractivity contribution is 6.30. The normalized spacial score (nSPS) is 18.8. The number of pyridine rings is 1. The van der Waals surface area contributed by atoms with Crippen molar-refractivity contribution in [2.45, 2.75) is 31.7 Å². The van der Waals surface area contributed by atoms with Crippen molar-refractivity contribution in [2.24, 2.45) is 5.92 Å². The molecule has 1 aromatic carbocycles. The number of halogens is 1. The third kappa shape index (κ3) is 5.50. The maximum Gasteiger partial charge on any atom is 0.258 e. The fraction of sp³-hybridized carbons (Fsp3) is 0.478. The second-order valence-electron chi connectivity index (χ2n) is 8.07. The minimum Gasteiger partial charge on any atom is -0.384 e. The Morgan fingerprint density at radius 1 is 1.10 bits per heavy atom. The van der Waals surface area contributed by atoms with Crippen LogP contribution in [0, 0.1) is 5.92 Å². The maximum atomic E-state index is 12.7. The molecule has 3 heterocycles. The van der Waals surface area contributed by atoms with Gasteiger partial charge in [0.1, 0.15) is 5.82 Å². The number of carbonyl (C=O) groups excluding carboxylic acids is 1. The molecule has 0 radical (unpaired) electrons. The fourth-order valence-electron chi connectivity index (χ4n) is 4.30. The van der Waals surface area contributed by atoms with Gasteiger partial charge in [-0.2, -0.15) is 0 Å². The summed E-state index contributed by atoms with van der Waals surface area (Å²) < 4.78 is 5.49. The van der Waals surface area contributed by atoms with E-state index in [4.69, 9.17) is 16.3 Å². The number of rotatable bonds is 6. The molecule has 2 N–H and O–H groups in total. The molecule has 4 rings (SSSR count). The van der Waals surface area contributed by atoms with E-state index in [9.17, 15) is 4.79 Å². The number of nitrogens with one attached hydrogen (secondary N) is 2. The first-order valence-electron chi connectivity index (χ1n) is 10.8. The first-order valence-corrected chi connectivity index (χ1v) is 11.1. The van der Waals surface area contributed by atoms with Crippen LogP contribution in [0.2, 0.25) is 5.02 Å². The number of likely N-dealkylation sites (tertiary alicyclic amines) is 1. The van der Waals surface area contributed by atoms with E-state index in [1.165, 1.54) is 19.0 Å². The number of carbonyl (C=O) groups is 1. The Morgan fingerprint density at radius 2 is 1.87 bits per heavy atom. The summed E-state index contributed by atoms with van der Waals surface area (Å²) in [6, 6.07) is 11.7. The molecule has 1 aromatic heterocycles. The van der Waals surface area contributed by atoms with Crippen molar-refractivity contribution in [3.63, 3.8) is 0 Å². The summed E-state index contributed by atoms with van der Waals surface area (Å²) in [5.74, 6) is 0.928. The number of anilines is 2. The number of hydrogen-bond acceptors (Lipinski definition) is 5. The predicted octanol–water partition coefficient (Wildman–Crippen LogP) is 4.29. The number of hydrogen-bond donors (Lipinski definition) is 2. The van der Waals surface area contributed by atoms with Gasteiger partial charge in [-0.1, -0.05) is 23.7 Å². The van der Waals surface area contributed by atoms with Crippen molar-refractivity contribution in [2.75, 3.05) is 43.5 Å². The van der Waals surface area contributed by atoms with Crippen LogP contribution in [0.15, 0.2) is 42.6 Å². The van der Waals surface area contributed by atoms with Crippen LogP contribution in [0.25, 0.3) is 0 Å². The van der Waals surface area contributed by atoms with Crippen LogP contribution in [-0.4, -0.2) is 54.7 Å². The molecule has 30 heavy (non-hydrogen) atoms.